The number of anilines is 1. The summed E-state index contributed by atoms with van der Waals surface area (Å²) in [6, 6.07) is 8.65. The number of carbonyl (C=O) groups excluding carboxylic acids is 1. The highest BCUT2D eigenvalue weighted by molar-refractivity contribution is 6.01. The van der Waals surface area contributed by atoms with Crippen molar-refractivity contribution in [3.05, 3.63) is 65.7 Å². The molecule has 0 saturated heterocycles. The minimum absolute atomic E-state index is 0.0421. The second kappa shape index (κ2) is 7.44. The molecule has 0 spiro atoms. The second-order valence-electron chi connectivity index (χ2n) is 5.32. The van der Waals surface area contributed by atoms with Crippen molar-refractivity contribution in [2.75, 3.05) is 5.32 Å². The van der Waals surface area contributed by atoms with Gasteiger partial charge in [-0.25, -0.2) is 18.4 Å². The molecule has 3 aromatic rings. The highest BCUT2D eigenvalue weighted by Crippen LogP contribution is 2.20. The molecule has 1 aromatic heterocycles. The number of nitrogens with zero attached hydrogens (tertiary/aromatic N) is 3. The van der Waals surface area contributed by atoms with Gasteiger partial charge in [0.05, 0.1) is 5.69 Å². The van der Waals surface area contributed by atoms with Crippen molar-refractivity contribution in [1.29, 1.82) is 0 Å². The van der Waals surface area contributed by atoms with Gasteiger partial charge in [-0.3, -0.25) is 4.79 Å². The Morgan fingerprint density at radius 1 is 1.11 bits per heavy atom. The average Bonchev–Trinajstić information content (AvgIpc) is 3.00. The Labute approximate surface area is 150 Å². The summed E-state index contributed by atoms with van der Waals surface area (Å²) in [5, 5.41) is 6.07. The average molecular weight is 380 g/mol. The first-order chi connectivity index (χ1) is 12.8. The van der Waals surface area contributed by atoms with Crippen LogP contribution < -0.4 is 10.1 Å². The van der Waals surface area contributed by atoms with E-state index in [-0.39, 0.29) is 11.6 Å². The van der Waals surface area contributed by atoms with Crippen LogP contribution in [0, 0.1) is 18.6 Å². The summed E-state index contributed by atoms with van der Waals surface area (Å²) in [5.74, 6) is -2.83. The highest BCUT2D eigenvalue weighted by atomic mass is 19.3. The van der Waals surface area contributed by atoms with Crippen molar-refractivity contribution < 1.29 is 27.1 Å². The summed E-state index contributed by atoms with van der Waals surface area (Å²) in [4.78, 5) is 16.2. The Kier molecular flexibility index (Phi) is 5.06. The number of nitrogens with one attached hydrogen (secondary N) is 1. The van der Waals surface area contributed by atoms with Crippen LogP contribution in [-0.2, 0) is 0 Å². The topological polar surface area (TPSA) is 69.0 Å². The highest BCUT2D eigenvalue weighted by Gasteiger charge is 2.19. The minimum atomic E-state index is -2.95. The van der Waals surface area contributed by atoms with Gasteiger partial charge in [0.2, 0.25) is 5.82 Å². The summed E-state index contributed by atoms with van der Waals surface area (Å²) in [6.45, 7) is -1.39. The first-order valence-electron chi connectivity index (χ1n) is 7.59. The van der Waals surface area contributed by atoms with E-state index in [2.05, 4.69) is 20.1 Å². The Balaban J connectivity index is 1.82. The number of hydrogen-bond acceptors (Lipinski definition) is 4. The zero-order chi connectivity index (χ0) is 19.6. The third-order valence-corrected chi connectivity index (χ3v) is 3.48. The monoisotopic (exact) mass is 380 g/mol. The van der Waals surface area contributed by atoms with Crippen molar-refractivity contribution in [1.82, 2.24) is 14.8 Å². The summed E-state index contributed by atoms with van der Waals surface area (Å²) in [7, 11) is 0. The van der Waals surface area contributed by atoms with E-state index >= 15 is 0 Å². The number of halogens is 4. The van der Waals surface area contributed by atoms with E-state index < -0.39 is 29.8 Å². The van der Waals surface area contributed by atoms with Crippen LogP contribution in [0.1, 0.15) is 16.4 Å². The van der Waals surface area contributed by atoms with Crippen LogP contribution in [0.25, 0.3) is 5.69 Å². The van der Waals surface area contributed by atoms with Gasteiger partial charge in [-0.05, 0) is 43.3 Å². The molecule has 0 saturated carbocycles. The lowest BCUT2D eigenvalue weighted by atomic mass is 10.3. The summed E-state index contributed by atoms with van der Waals surface area (Å²) in [5.41, 5.74) is -0.178. The van der Waals surface area contributed by atoms with E-state index in [1.165, 1.54) is 35.0 Å². The van der Waals surface area contributed by atoms with E-state index in [4.69, 9.17) is 0 Å². The third kappa shape index (κ3) is 4.05. The molecule has 27 heavy (non-hydrogen) atoms. The van der Waals surface area contributed by atoms with Gasteiger partial charge in [-0.1, -0.05) is 6.07 Å². The molecule has 140 valence electrons. The van der Waals surface area contributed by atoms with Gasteiger partial charge in [0, 0.05) is 0 Å². The molecule has 0 aliphatic carbocycles. The number of alkyl halides is 2. The van der Waals surface area contributed by atoms with Gasteiger partial charge in [0.1, 0.15) is 28.9 Å². The van der Waals surface area contributed by atoms with Gasteiger partial charge in [0.15, 0.2) is 0 Å². The summed E-state index contributed by atoms with van der Waals surface area (Å²) < 4.78 is 57.2. The van der Waals surface area contributed by atoms with E-state index in [0.717, 1.165) is 12.1 Å². The SMILES string of the molecule is Cc1nc(C(=O)Nc2c(F)cccc2F)nn1-c1ccc(OC(F)F)cc1. The fraction of sp³-hybridized carbons (Fsp3) is 0.118. The number of ether oxygens (including phenoxy) is 1. The molecule has 1 N–H and O–H groups in total. The molecule has 10 heteroatoms. The van der Waals surface area contributed by atoms with Crippen LogP contribution in [0.5, 0.6) is 5.75 Å². The van der Waals surface area contributed by atoms with Crippen LogP contribution in [0.4, 0.5) is 23.2 Å². The first kappa shape index (κ1) is 18.4. The smallest absolute Gasteiger partial charge is 0.387 e. The Hall–Kier alpha value is -3.43. The Morgan fingerprint density at radius 3 is 2.33 bits per heavy atom. The Bertz CT molecular complexity index is 953. The third-order valence-electron chi connectivity index (χ3n) is 3.48. The molecule has 0 fully saturated rings. The summed E-state index contributed by atoms with van der Waals surface area (Å²) in [6.07, 6.45) is 0. The molecule has 1 amide bonds. The molecule has 1 heterocycles. The lowest BCUT2D eigenvalue weighted by molar-refractivity contribution is -0.0498. The van der Waals surface area contributed by atoms with E-state index in [1.54, 1.807) is 6.92 Å². The van der Waals surface area contributed by atoms with Crippen LogP contribution in [-0.4, -0.2) is 27.3 Å². The quantitative estimate of drug-likeness (QED) is 0.686. The molecule has 0 radical (unpaired) electrons. The molecule has 6 nitrogen and oxygen atoms in total. The predicted octanol–water partition coefficient (Wildman–Crippen LogP) is 3.71. The number of benzene rings is 2. The van der Waals surface area contributed by atoms with Crippen molar-refractivity contribution >= 4 is 11.6 Å². The van der Waals surface area contributed by atoms with Crippen molar-refractivity contribution in [3.8, 4) is 11.4 Å². The maximum absolute atomic E-state index is 13.6. The van der Waals surface area contributed by atoms with E-state index in [9.17, 15) is 22.4 Å². The van der Waals surface area contributed by atoms with Crippen LogP contribution >= 0.6 is 0 Å². The standard InChI is InChI=1S/C17H12F4N4O2/c1-9-22-15(16(26)23-14-12(18)3-2-4-13(14)19)24-25(9)10-5-7-11(8-6-10)27-17(20)21/h2-8,17H,1H3,(H,23,26). The number of carbonyl (C=O) groups is 1. The second-order valence-corrected chi connectivity index (χ2v) is 5.32. The number of hydrogen-bond donors (Lipinski definition) is 1. The van der Waals surface area contributed by atoms with Crippen molar-refractivity contribution in [2.24, 2.45) is 0 Å². The van der Waals surface area contributed by atoms with Gasteiger partial charge in [-0.2, -0.15) is 8.78 Å². The molecule has 0 aliphatic heterocycles. The van der Waals surface area contributed by atoms with Gasteiger partial charge in [0.25, 0.3) is 5.91 Å². The zero-order valence-electron chi connectivity index (χ0n) is 13.8. The Morgan fingerprint density at radius 2 is 1.74 bits per heavy atom. The van der Waals surface area contributed by atoms with Gasteiger partial charge < -0.3 is 10.1 Å². The molecule has 0 unspecified atom stereocenters. The van der Waals surface area contributed by atoms with Crippen LogP contribution in [0.2, 0.25) is 0 Å². The molecular formula is C17H12F4N4O2. The van der Waals surface area contributed by atoms with Crippen molar-refractivity contribution in [2.45, 2.75) is 13.5 Å². The molecule has 0 atom stereocenters. The van der Waals surface area contributed by atoms with Gasteiger partial charge >= 0.3 is 6.61 Å². The molecule has 0 aliphatic rings. The lowest BCUT2D eigenvalue weighted by Crippen LogP contribution is -2.16. The molecule has 0 bridgehead atoms. The fourth-order valence-electron chi connectivity index (χ4n) is 2.29. The maximum atomic E-state index is 13.6. The van der Waals surface area contributed by atoms with E-state index in [0.29, 0.717) is 11.5 Å². The number of amides is 1. The van der Waals surface area contributed by atoms with Crippen molar-refractivity contribution in [3.63, 3.8) is 0 Å². The van der Waals surface area contributed by atoms with E-state index in [1.807, 2.05) is 0 Å². The van der Waals surface area contributed by atoms with Crippen LogP contribution in [0.3, 0.4) is 0 Å². The number of aromatic nitrogens is 3. The first-order valence-corrected chi connectivity index (χ1v) is 7.59. The van der Waals surface area contributed by atoms with Gasteiger partial charge in [-0.15, -0.1) is 5.10 Å². The maximum Gasteiger partial charge on any atom is 0.387 e. The number of aryl methyl sites for hydroxylation is 1. The fourth-order valence-corrected chi connectivity index (χ4v) is 2.29. The zero-order valence-corrected chi connectivity index (χ0v) is 13.8. The predicted molar refractivity (Wildman–Crippen MR) is 87.0 cm³/mol. The largest absolute Gasteiger partial charge is 0.435 e. The molecular weight excluding hydrogens is 368 g/mol. The number of para-hydroxylation sites is 1. The van der Waals surface area contributed by atoms with Crippen LogP contribution in [0.15, 0.2) is 42.5 Å². The summed E-state index contributed by atoms with van der Waals surface area (Å²) >= 11 is 0. The molecule has 3 rings (SSSR count). The molecule has 2 aromatic carbocycles. The lowest BCUT2D eigenvalue weighted by Gasteiger charge is -2.06. The minimum Gasteiger partial charge on any atom is -0.435 e. The number of rotatable bonds is 5. The normalized spacial score (nSPS) is 10.9.